The van der Waals surface area contributed by atoms with Gasteiger partial charge in [0, 0.05) is 23.3 Å². The summed E-state index contributed by atoms with van der Waals surface area (Å²) >= 11 is 6.15. The van der Waals surface area contributed by atoms with Crippen LogP contribution in [0.25, 0.3) is 11.1 Å². The maximum atomic E-state index is 6.15. The van der Waals surface area contributed by atoms with Crippen LogP contribution < -0.4 is 0 Å². The number of rotatable bonds is 3. The second kappa shape index (κ2) is 5.89. The van der Waals surface area contributed by atoms with Crippen LogP contribution in [0.3, 0.4) is 0 Å². The fourth-order valence-electron chi connectivity index (χ4n) is 2.29. The monoisotopic (exact) mass is 279 g/mol. The SMILES string of the molecule is Clc1ccc(Cc2ccccn2)c(-c2ccccc2)c1. The number of benzene rings is 2. The molecule has 0 aliphatic carbocycles. The van der Waals surface area contributed by atoms with Crippen LogP contribution in [0.4, 0.5) is 0 Å². The molecule has 3 aromatic rings. The molecule has 2 heteroatoms. The molecule has 20 heavy (non-hydrogen) atoms. The lowest BCUT2D eigenvalue weighted by molar-refractivity contribution is 1.08. The average Bonchev–Trinajstić information content (AvgIpc) is 2.51. The van der Waals surface area contributed by atoms with Crippen LogP contribution >= 0.6 is 11.6 Å². The van der Waals surface area contributed by atoms with Crippen molar-refractivity contribution in [2.75, 3.05) is 0 Å². The Morgan fingerprint density at radius 3 is 2.40 bits per heavy atom. The van der Waals surface area contributed by atoms with Gasteiger partial charge < -0.3 is 0 Å². The van der Waals surface area contributed by atoms with E-state index in [1.54, 1.807) is 0 Å². The number of hydrogen-bond donors (Lipinski definition) is 0. The molecule has 0 unspecified atom stereocenters. The van der Waals surface area contributed by atoms with Crippen molar-refractivity contribution >= 4 is 11.6 Å². The molecule has 1 heterocycles. The molecule has 2 aromatic carbocycles. The van der Waals surface area contributed by atoms with E-state index in [2.05, 4.69) is 23.2 Å². The molecule has 0 amide bonds. The standard InChI is InChI=1S/C18H14ClN/c19-16-10-9-15(12-17-8-4-5-11-20-17)18(13-16)14-6-2-1-3-7-14/h1-11,13H,12H2. The average molecular weight is 280 g/mol. The number of hydrogen-bond acceptors (Lipinski definition) is 1. The van der Waals surface area contributed by atoms with E-state index in [4.69, 9.17) is 11.6 Å². The Labute approximate surface area is 123 Å². The first-order chi connectivity index (χ1) is 9.83. The minimum atomic E-state index is 0.758. The van der Waals surface area contributed by atoms with Crippen molar-refractivity contribution in [3.8, 4) is 11.1 Å². The van der Waals surface area contributed by atoms with Crippen LogP contribution in [0.5, 0.6) is 0 Å². The third-order valence-corrected chi connectivity index (χ3v) is 3.49. The Balaban J connectivity index is 2.03. The van der Waals surface area contributed by atoms with Crippen molar-refractivity contribution < 1.29 is 0 Å². The summed E-state index contributed by atoms with van der Waals surface area (Å²) in [6.45, 7) is 0. The van der Waals surface area contributed by atoms with Crippen molar-refractivity contribution in [1.29, 1.82) is 0 Å². The zero-order chi connectivity index (χ0) is 13.8. The fraction of sp³-hybridized carbons (Fsp3) is 0.0556. The molecular formula is C18H14ClN. The second-order valence-corrected chi connectivity index (χ2v) is 5.10. The minimum absolute atomic E-state index is 0.758. The molecule has 0 bridgehead atoms. The Morgan fingerprint density at radius 2 is 1.65 bits per heavy atom. The summed E-state index contributed by atoms with van der Waals surface area (Å²) in [6.07, 6.45) is 2.63. The summed E-state index contributed by atoms with van der Waals surface area (Å²) in [6, 6.07) is 22.4. The molecule has 0 radical (unpaired) electrons. The van der Waals surface area contributed by atoms with Crippen molar-refractivity contribution in [2.45, 2.75) is 6.42 Å². The lowest BCUT2D eigenvalue weighted by atomic mass is 9.96. The van der Waals surface area contributed by atoms with Gasteiger partial charge in [-0.15, -0.1) is 0 Å². The summed E-state index contributed by atoms with van der Waals surface area (Å²) in [5, 5.41) is 0.758. The highest BCUT2D eigenvalue weighted by atomic mass is 35.5. The molecule has 0 N–H and O–H groups in total. The molecule has 0 spiro atoms. The predicted octanol–water partition coefficient (Wildman–Crippen LogP) is 4.99. The molecule has 0 saturated heterocycles. The van der Waals surface area contributed by atoms with Crippen molar-refractivity contribution in [2.24, 2.45) is 0 Å². The van der Waals surface area contributed by atoms with Crippen LogP contribution in [0.1, 0.15) is 11.3 Å². The molecule has 3 rings (SSSR count). The first-order valence-corrected chi connectivity index (χ1v) is 6.94. The second-order valence-electron chi connectivity index (χ2n) is 4.67. The quantitative estimate of drug-likeness (QED) is 0.658. The van der Waals surface area contributed by atoms with E-state index >= 15 is 0 Å². The van der Waals surface area contributed by atoms with E-state index in [9.17, 15) is 0 Å². The van der Waals surface area contributed by atoms with Gasteiger partial charge in [0.25, 0.3) is 0 Å². The highest BCUT2D eigenvalue weighted by Crippen LogP contribution is 2.28. The lowest BCUT2D eigenvalue weighted by Gasteiger charge is -2.10. The van der Waals surface area contributed by atoms with E-state index in [1.807, 2.05) is 54.7 Å². The van der Waals surface area contributed by atoms with Crippen LogP contribution in [-0.2, 0) is 6.42 Å². The Morgan fingerprint density at radius 1 is 0.850 bits per heavy atom. The zero-order valence-corrected chi connectivity index (χ0v) is 11.7. The third-order valence-electron chi connectivity index (χ3n) is 3.25. The van der Waals surface area contributed by atoms with Crippen molar-refractivity contribution in [3.05, 3.63) is 89.2 Å². The van der Waals surface area contributed by atoms with Crippen LogP contribution in [0, 0.1) is 0 Å². The topological polar surface area (TPSA) is 12.9 Å². The van der Waals surface area contributed by atoms with Gasteiger partial charge in [-0.2, -0.15) is 0 Å². The van der Waals surface area contributed by atoms with Crippen LogP contribution in [-0.4, -0.2) is 4.98 Å². The number of aromatic nitrogens is 1. The van der Waals surface area contributed by atoms with Crippen LogP contribution in [0.15, 0.2) is 72.9 Å². The third kappa shape index (κ3) is 2.89. The maximum absolute atomic E-state index is 6.15. The minimum Gasteiger partial charge on any atom is -0.261 e. The van der Waals surface area contributed by atoms with Gasteiger partial charge in [-0.05, 0) is 41.0 Å². The highest BCUT2D eigenvalue weighted by Gasteiger charge is 2.07. The zero-order valence-electron chi connectivity index (χ0n) is 11.0. The lowest BCUT2D eigenvalue weighted by Crippen LogP contribution is -1.94. The van der Waals surface area contributed by atoms with Gasteiger partial charge in [-0.25, -0.2) is 0 Å². The van der Waals surface area contributed by atoms with Gasteiger partial charge in [0.2, 0.25) is 0 Å². The first-order valence-electron chi connectivity index (χ1n) is 6.57. The molecule has 1 aromatic heterocycles. The van der Waals surface area contributed by atoms with E-state index < -0.39 is 0 Å². The molecule has 0 aliphatic heterocycles. The van der Waals surface area contributed by atoms with Gasteiger partial charge in [-0.3, -0.25) is 4.98 Å². The smallest absolute Gasteiger partial charge is 0.0447 e. The Kier molecular flexibility index (Phi) is 3.80. The molecule has 0 aliphatic rings. The van der Waals surface area contributed by atoms with Gasteiger partial charge in [0.05, 0.1) is 0 Å². The van der Waals surface area contributed by atoms with Crippen LogP contribution in [0.2, 0.25) is 5.02 Å². The van der Waals surface area contributed by atoms with Gasteiger partial charge in [0.15, 0.2) is 0 Å². The van der Waals surface area contributed by atoms with Gasteiger partial charge in [-0.1, -0.05) is 54.1 Å². The summed E-state index contributed by atoms with van der Waals surface area (Å²) in [7, 11) is 0. The highest BCUT2D eigenvalue weighted by molar-refractivity contribution is 6.30. The van der Waals surface area contributed by atoms with Crippen molar-refractivity contribution in [3.63, 3.8) is 0 Å². The van der Waals surface area contributed by atoms with E-state index in [-0.39, 0.29) is 0 Å². The maximum Gasteiger partial charge on any atom is 0.0447 e. The van der Waals surface area contributed by atoms with Gasteiger partial charge >= 0.3 is 0 Å². The Hall–Kier alpha value is -2.12. The van der Waals surface area contributed by atoms with E-state index in [0.717, 1.165) is 17.1 Å². The van der Waals surface area contributed by atoms with E-state index in [0.29, 0.717) is 0 Å². The predicted molar refractivity (Wildman–Crippen MR) is 83.9 cm³/mol. The first kappa shape index (κ1) is 12.9. The van der Waals surface area contributed by atoms with Gasteiger partial charge in [0.1, 0.15) is 0 Å². The number of pyridine rings is 1. The fourth-order valence-corrected chi connectivity index (χ4v) is 2.46. The molecular weight excluding hydrogens is 266 g/mol. The molecule has 0 saturated carbocycles. The molecule has 0 atom stereocenters. The summed E-state index contributed by atoms with van der Waals surface area (Å²) in [5.41, 5.74) is 4.65. The number of halogens is 1. The van der Waals surface area contributed by atoms with Crippen molar-refractivity contribution in [1.82, 2.24) is 4.98 Å². The number of nitrogens with zero attached hydrogens (tertiary/aromatic N) is 1. The molecule has 98 valence electrons. The Bertz CT molecular complexity index is 693. The molecule has 0 fully saturated rings. The largest absolute Gasteiger partial charge is 0.261 e. The molecule has 1 nitrogen and oxygen atoms in total. The summed E-state index contributed by atoms with van der Waals surface area (Å²) in [5.74, 6) is 0. The summed E-state index contributed by atoms with van der Waals surface area (Å²) < 4.78 is 0. The normalized spacial score (nSPS) is 10.4. The summed E-state index contributed by atoms with van der Waals surface area (Å²) in [4.78, 5) is 4.40. The van der Waals surface area contributed by atoms with E-state index in [1.165, 1.54) is 16.7 Å².